The van der Waals surface area contributed by atoms with Gasteiger partial charge in [0.05, 0.1) is 0 Å². The van der Waals surface area contributed by atoms with Crippen LogP contribution in [0.4, 0.5) is 0 Å². The molecule has 0 spiro atoms. The molecule has 1 atom stereocenters. The molecule has 2 aliphatic rings. The topological polar surface area (TPSA) is 12.0 Å². The minimum Gasteiger partial charge on any atom is -0.361 e. The molecule has 1 aliphatic heterocycles. The summed E-state index contributed by atoms with van der Waals surface area (Å²) in [7, 11) is 0. The molecular formula is C27H25N. The minimum atomic E-state index is 0.335. The zero-order chi connectivity index (χ0) is 19.2. The van der Waals surface area contributed by atoms with Crippen molar-refractivity contribution in [1.82, 2.24) is 5.32 Å². The van der Waals surface area contributed by atoms with Crippen molar-refractivity contribution < 1.29 is 0 Å². The van der Waals surface area contributed by atoms with Crippen LogP contribution in [-0.4, -0.2) is 0 Å². The van der Waals surface area contributed by atoms with E-state index in [1.165, 1.54) is 27.8 Å². The normalized spacial score (nSPS) is 22.2. The van der Waals surface area contributed by atoms with E-state index in [1.54, 1.807) is 0 Å². The predicted molar refractivity (Wildman–Crippen MR) is 120 cm³/mol. The smallest absolute Gasteiger partial charge is 0.0421 e. The fourth-order valence-electron chi connectivity index (χ4n) is 3.64. The van der Waals surface area contributed by atoms with Gasteiger partial charge in [0.1, 0.15) is 0 Å². The van der Waals surface area contributed by atoms with Gasteiger partial charge in [-0.3, -0.25) is 0 Å². The molecule has 0 radical (unpaired) electrons. The van der Waals surface area contributed by atoms with E-state index in [9.17, 15) is 0 Å². The Bertz CT molecular complexity index is 999. The van der Waals surface area contributed by atoms with Gasteiger partial charge in [0.15, 0.2) is 0 Å². The molecule has 0 saturated heterocycles. The highest BCUT2D eigenvalue weighted by Gasteiger charge is 2.14. The van der Waals surface area contributed by atoms with E-state index in [4.69, 9.17) is 0 Å². The molecule has 1 nitrogen and oxygen atoms in total. The molecule has 28 heavy (non-hydrogen) atoms. The number of nitrogens with one attached hydrogen (secondary N) is 1. The van der Waals surface area contributed by atoms with Crippen LogP contribution < -0.4 is 5.32 Å². The van der Waals surface area contributed by atoms with E-state index < -0.39 is 0 Å². The largest absolute Gasteiger partial charge is 0.361 e. The Kier molecular flexibility index (Phi) is 5.53. The third-order valence-corrected chi connectivity index (χ3v) is 5.17. The Morgan fingerprint density at radius 1 is 0.821 bits per heavy atom. The second-order valence-electron chi connectivity index (χ2n) is 7.12. The van der Waals surface area contributed by atoms with Gasteiger partial charge in [-0.05, 0) is 46.4 Å². The summed E-state index contributed by atoms with van der Waals surface area (Å²) in [6.45, 7) is 2.26. The summed E-state index contributed by atoms with van der Waals surface area (Å²) in [5.74, 6) is 0.335. The first-order chi connectivity index (χ1) is 13.8. The molecule has 0 saturated carbocycles. The van der Waals surface area contributed by atoms with Gasteiger partial charge < -0.3 is 5.32 Å². The Morgan fingerprint density at radius 3 is 2.21 bits per heavy atom. The molecule has 0 fully saturated rings. The molecule has 0 bridgehead atoms. The van der Waals surface area contributed by atoms with Crippen molar-refractivity contribution in [1.29, 1.82) is 0 Å². The molecule has 1 heterocycles. The minimum absolute atomic E-state index is 0.335. The molecule has 2 aromatic carbocycles. The Labute approximate surface area is 167 Å². The van der Waals surface area contributed by atoms with E-state index in [0.29, 0.717) is 5.92 Å². The van der Waals surface area contributed by atoms with Crippen LogP contribution in [0.3, 0.4) is 0 Å². The molecule has 0 amide bonds. The van der Waals surface area contributed by atoms with E-state index in [-0.39, 0.29) is 0 Å². The van der Waals surface area contributed by atoms with Gasteiger partial charge in [0.2, 0.25) is 0 Å². The third kappa shape index (κ3) is 4.15. The summed E-state index contributed by atoms with van der Waals surface area (Å²) in [4.78, 5) is 0. The lowest BCUT2D eigenvalue weighted by atomic mass is 9.95. The van der Waals surface area contributed by atoms with Crippen LogP contribution in [0, 0.1) is 5.92 Å². The van der Waals surface area contributed by atoms with E-state index in [1.807, 2.05) is 0 Å². The lowest BCUT2D eigenvalue weighted by Crippen LogP contribution is -2.12. The maximum Gasteiger partial charge on any atom is 0.0421 e. The lowest BCUT2D eigenvalue weighted by Gasteiger charge is -2.17. The average Bonchev–Trinajstić information content (AvgIpc) is 2.96. The van der Waals surface area contributed by atoms with Gasteiger partial charge >= 0.3 is 0 Å². The molecule has 138 valence electrons. The number of allylic oxidation sites excluding steroid dienone is 10. The Hall–Kier alpha value is -3.32. The van der Waals surface area contributed by atoms with Crippen LogP contribution >= 0.6 is 0 Å². The van der Waals surface area contributed by atoms with Gasteiger partial charge in [-0.25, -0.2) is 0 Å². The number of hydrogen-bond acceptors (Lipinski definition) is 1. The zero-order valence-electron chi connectivity index (χ0n) is 16.2. The molecule has 1 unspecified atom stereocenters. The monoisotopic (exact) mass is 363 g/mol. The number of benzene rings is 2. The van der Waals surface area contributed by atoms with Crippen LogP contribution in [-0.2, 0) is 0 Å². The quantitative estimate of drug-likeness (QED) is 0.628. The van der Waals surface area contributed by atoms with Gasteiger partial charge in [0.25, 0.3) is 0 Å². The van der Waals surface area contributed by atoms with E-state index >= 15 is 0 Å². The van der Waals surface area contributed by atoms with E-state index in [2.05, 4.69) is 122 Å². The third-order valence-electron chi connectivity index (χ3n) is 5.17. The van der Waals surface area contributed by atoms with Crippen molar-refractivity contribution in [3.8, 4) is 0 Å². The first-order valence-corrected chi connectivity index (χ1v) is 9.86. The Balaban J connectivity index is 1.70. The summed E-state index contributed by atoms with van der Waals surface area (Å²) in [5.41, 5.74) is 7.41. The molecule has 1 aliphatic carbocycles. The van der Waals surface area contributed by atoms with Crippen molar-refractivity contribution in [3.05, 3.63) is 132 Å². The zero-order valence-corrected chi connectivity index (χ0v) is 16.2. The fourth-order valence-corrected chi connectivity index (χ4v) is 3.64. The van der Waals surface area contributed by atoms with Crippen LogP contribution in [0.1, 0.15) is 24.5 Å². The maximum atomic E-state index is 3.56. The fraction of sp³-hybridized carbons (Fsp3) is 0.111. The van der Waals surface area contributed by atoms with Crippen LogP contribution in [0.2, 0.25) is 0 Å². The number of rotatable bonds is 2. The predicted octanol–water partition coefficient (Wildman–Crippen LogP) is 6.68. The van der Waals surface area contributed by atoms with Crippen LogP contribution in [0.25, 0.3) is 11.1 Å². The molecular weight excluding hydrogens is 338 g/mol. The van der Waals surface area contributed by atoms with Gasteiger partial charge in [-0.1, -0.05) is 98.0 Å². The molecule has 0 aromatic heterocycles. The SMILES string of the molecule is CC1C=C/C=C(c2ccccc2)\C=C\NC2=CC(c3ccccc3)=CCC=C21. The summed E-state index contributed by atoms with van der Waals surface area (Å²) in [6.07, 6.45) is 18.7. The maximum absolute atomic E-state index is 3.56. The summed E-state index contributed by atoms with van der Waals surface area (Å²) in [5, 5.41) is 3.56. The number of fused-ring (bicyclic) bond motifs is 1. The van der Waals surface area contributed by atoms with Gasteiger partial charge in [-0.15, -0.1) is 0 Å². The van der Waals surface area contributed by atoms with Crippen molar-refractivity contribution in [2.24, 2.45) is 5.92 Å². The highest BCUT2D eigenvalue weighted by Crippen LogP contribution is 2.29. The highest BCUT2D eigenvalue weighted by molar-refractivity contribution is 5.77. The van der Waals surface area contributed by atoms with Gasteiger partial charge in [0, 0.05) is 17.8 Å². The highest BCUT2D eigenvalue weighted by atomic mass is 14.9. The second kappa shape index (κ2) is 8.58. The summed E-state index contributed by atoms with van der Waals surface area (Å²) in [6, 6.07) is 21.1. The molecule has 1 N–H and O–H groups in total. The average molecular weight is 364 g/mol. The van der Waals surface area contributed by atoms with Crippen molar-refractivity contribution in [3.63, 3.8) is 0 Å². The first kappa shape index (κ1) is 18.1. The first-order valence-electron chi connectivity index (χ1n) is 9.86. The van der Waals surface area contributed by atoms with Crippen molar-refractivity contribution in [2.45, 2.75) is 13.3 Å². The standard InChI is InChI=1S/C27H25N/c1-21-10-8-15-24(22-11-4-2-5-12-22)18-19-28-27-20-25(16-9-17-26(21)27)23-13-6-3-7-14-23/h2-8,10-21,28H,9H2,1H3/b10-8?,19-18+,24-15+. The van der Waals surface area contributed by atoms with Crippen molar-refractivity contribution in [2.75, 3.05) is 0 Å². The Morgan fingerprint density at radius 2 is 1.50 bits per heavy atom. The van der Waals surface area contributed by atoms with Gasteiger partial charge in [-0.2, -0.15) is 0 Å². The van der Waals surface area contributed by atoms with Crippen molar-refractivity contribution >= 4 is 11.1 Å². The summed E-state index contributed by atoms with van der Waals surface area (Å²) >= 11 is 0. The molecule has 4 rings (SSSR count). The van der Waals surface area contributed by atoms with Crippen LogP contribution in [0.5, 0.6) is 0 Å². The molecule has 1 heteroatoms. The number of hydrogen-bond donors (Lipinski definition) is 1. The molecule has 2 aromatic rings. The lowest BCUT2D eigenvalue weighted by molar-refractivity contribution is 0.838. The second-order valence-corrected chi connectivity index (χ2v) is 7.12. The van der Waals surface area contributed by atoms with Crippen LogP contribution in [0.15, 0.2) is 121 Å². The van der Waals surface area contributed by atoms with E-state index in [0.717, 1.165) is 12.1 Å². The summed E-state index contributed by atoms with van der Waals surface area (Å²) < 4.78 is 0.